The summed E-state index contributed by atoms with van der Waals surface area (Å²) in [6, 6.07) is 5.10. The summed E-state index contributed by atoms with van der Waals surface area (Å²) in [6.45, 7) is 1.43. The van der Waals surface area contributed by atoms with Crippen molar-refractivity contribution >= 4 is 0 Å². The smallest absolute Gasteiger partial charge is 0.385 e. The van der Waals surface area contributed by atoms with E-state index in [0.717, 1.165) is 0 Å². The molecule has 0 radical (unpaired) electrons. The van der Waals surface area contributed by atoms with Gasteiger partial charge in [-0.2, -0.15) is 13.2 Å². The van der Waals surface area contributed by atoms with Crippen molar-refractivity contribution in [2.24, 2.45) is 0 Å². The van der Waals surface area contributed by atoms with Crippen LogP contribution in [0.15, 0.2) is 24.3 Å². The standard InChI is InChI=1S/C12H14F4O/c1-11(17,7-2-8-12(14,15)16)9-3-5-10(13)6-4-9/h3-6,17H,2,7-8H2,1H3. The summed E-state index contributed by atoms with van der Waals surface area (Å²) >= 11 is 0. The van der Waals surface area contributed by atoms with Crippen LogP contribution in [0.25, 0.3) is 0 Å². The fraction of sp³-hybridized carbons (Fsp3) is 0.500. The predicted octanol–water partition coefficient (Wildman–Crippen LogP) is 3.77. The zero-order valence-electron chi connectivity index (χ0n) is 9.39. The van der Waals surface area contributed by atoms with E-state index in [-0.39, 0.29) is 12.8 Å². The Hall–Kier alpha value is -1.10. The lowest BCUT2D eigenvalue weighted by molar-refractivity contribution is -0.137. The molecule has 0 spiro atoms. The van der Waals surface area contributed by atoms with Gasteiger partial charge < -0.3 is 5.11 Å². The van der Waals surface area contributed by atoms with E-state index in [4.69, 9.17) is 0 Å². The molecular formula is C12H14F4O. The van der Waals surface area contributed by atoms with Crippen LogP contribution in [0.1, 0.15) is 31.7 Å². The Labute approximate surface area is 97.1 Å². The van der Waals surface area contributed by atoms with Crippen LogP contribution in [-0.2, 0) is 5.60 Å². The van der Waals surface area contributed by atoms with Crippen LogP contribution in [0.5, 0.6) is 0 Å². The molecular weight excluding hydrogens is 236 g/mol. The third-order valence-corrected chi connectivity index (χ3v) is 2.59. The van der Waals surface area contributed by atoms with Crippen molar-refractivity contribution in [1.82, 2.24) is 0 Å². The van der Waals surface area contributed by atoms with Crippen molar-refractivity contribution in [1.29, 1.82) is 0 Å². The second-order valence-corrected chi connectivity index (χ2v) is 4.25. The molecule has 1 aromatic carbocycles. The maximum absolute atomic E-state index is 12.7. The largest absolute Gasteiger partial charge is 0.389 e. The molecule has 0 saturated carbocycles. The Balaban J connectivity index is 2.59. The summed E-state index contributed by atoms with van der Waals surface area (Å²) in [5.74, 6) is -0.445. The van der Waals surface area contributed by atoms with E-state index in [2.05, 4.69) is 0 Å². The van der Waals surface area contributed by atoms with Gasteiger partial charge in [-0.05, 0) is 37.5 Å². The minimum atomic E-state index is -4.21. The first kappa shape index (κ1) is 14.0. The highest BCUT2D eigenvalue weighted by Gasteiger charge is 2.29. The number of aliphatic hydroxyl groups is 1. The molecule has 5 heteroatoms. The Morgan fingerprint density at radius 1 is 1.06 bits per heavy atom. The number of benzene rings is 1. The predicted molar refractivity (Wildman–Crippen MR) is 55.9 cm³/mol. The molecule has 1 aromatic rings. The van der Waals surface area contributed by atoms with Crippen molar-refractivity contribution in [2.75, 3.05) is 0 Å². The van der Waals surface area contributed by atoms with Gasteiger partial charge in [0.15, 0.2) is 0 Å². The summed E-state index contributed by atoms with van der Waals surface area (Å²) in [5.41, 5.74) is -0.944. The normalized spacial score (nSPS) is 15.6. The molecule has 1 atom stereocenters. The second-order valence-electron chi connectivity index (χ2n) is 4.25. The Morgan fingerprint density at radius 3 is 2.06 bits per heavy atom. The first-order chi connectivity index (χ1) is 7.71. The molecule has 0 aliphatic carbocycles. The Kier molecular flexibility index (Phi) is 4.14. The van der Waals surface area contributed by atoms with Crippen LogP contribution >= 0.6 is 0 Å². The lowest BCUT2D eigenvalue weighted by atomic mass is 9.90. The third kappa shape index (κ3) is 4.73. The highest BCUT2D eigenvalue weighted by Crippen LogP contribution is 2.30. The average Bonchev–Trinajstić information content (AvgIpc) is 2.15. The van der Waals surface area contributed by atoms with Crippen LogP contribution < -0.4 is 0 Å². The quantitative estimate of drug-likeness (QED) is 0.806. The number of alkyl halides is 3. The van der Waals surface area contributed by atoms with E-state index in [1.165, 1.54) is 31.2 Å². The molecule has 1 nitrogen and oxygen atoms in total. The monoisotopic (exact) mass is 250 g/mol. The molecule has 0 aliphatic heterocycles. The first-order valence-electron chi connectivity index (χ1n) is 5.26. The van der Waals surface area contributed by atoms with Gasteiger partial charge in [-0.25, -0.2) is 4.39 Å². The molecule has 0 aromatic heterocycles. The molecule has 96 valence electrons. The van der Waals surface area contributed by atoms with Gasteiger partial charge in [0, 0.05) is 6.42 Å². The number of hydrogen-bond donors (Lipinski definition) is 1. The summed E-state index contributed by atoms with van der Waals surface area (Å²) in [7, 11) is 0. The molecule has 1 rings (SSSR count). The fourth-order valence-corrected chi connectivity index (χ4v) is 1.59. The van der Waals surface area contributed by atoms with Gasteiger partial charge in [-0.15, -0.1) is 0 Å². The van der Waals surface area contributed by atoms with E-state index in [1.54, 1.807) is 0 Å². The van der Waals surface area contributed by atoms with E-state index in [0.29, 0.717) is 5.56 Å². The molecule has 17 heavy (non-hydrogen) atoms. The van der Waals surface area contributed by atoms with E-state index in [9.17, 15) is 22.7 Å². The first-order valence-corrected chi connectivity index (χ1v) is 5.26. The maximum atomic E-state index is 12.7. The van der Waals surface area contributed by atoms with Gasteiger partial charge in [-0.3, -0.25) is 0 Å². The summed E-state index contributed by atoms with van der Waals surface area (Å²) in [6.07, 6.45) is -5.31. The van der Waals surface area contributed by atoms with Crippen LogP contribution in [0.3, 0.4) is 0 Å². The highest BCUT2D eigenvalue weighted by molar-refractivity contribution is 5.22. The molecule has 1 unspecified atom stereocenters. The summed E-state index contributed by atoms with van der Waals surface area (Å²) in [5, 5.41) is 9.98. The van der Waals surface area contributed by atoms with Gasteiger partial charge in [0.25, 0.3) is 0 Å². The molecule has 0 heterocycles. The lowest BCUT2D eigenvalue weighted by Gasteiger charge is -2.24. The number of rotatable bonds is 4. The zero-order valence-corrected chi connectivity index (χ0v) is 9.39. The minimum Gasteiger partial charge on any atom is -0.385 e. The molecule has 0 aliphatic rings. The lowest BCUT2D eigenvalue weighted by Crippen LogP contribution is -2.22. The molecule has 0 saturated heterocycles. The molecule has 0 bridgehead atoms. The van der Waals surface area contributed by atoms with Gasteiger partial charge >= 0.3 is 6.18 Å². The van der Waals surface area contributed by atoms with Crippen LogP contribution in [0.2, 0.25) is 0 Å². The van der Waals surface area contributed by atoms with Crippen molar-refractivity contribution < 1.29 is 22.7 Å². The Morgan fingerprint density at radius 2 is 1.59 bits per heavy atom. The maximum Gasteiger partial charge on any atom is 0.389 e. The van der Waals surface area contributed by atoms with Gasteiger partial charge in [0.05, 0.1) is 5.60 Å². The van der Waals surface area contributed by atoms with Crippen LogP contribution in [0.4, 0.5) is 17.6 Å². The van der Waals surface area contributed by atoms with Crippen molar-refractivity contribution in [2.45, 2.75) is 38.0 Å². The van der Waals surface area contributed by atoms with E-state index >= 15 is 0 Å². The van der Waals surface area contributed by atoms with Gasteiger partial charge in [0.2, 0.25) is 0 Å². The van der Waals surface area contributed by atoms with Crippen LogP contribution in [-0.4, -0.2) is 11.3 Å². The molecule has 0 fully saturated rings. The van der Waals surface area contributed by atoms with Crippen molar-refractivity contribution in [3.05, 3.63) is 35.6 Å². The number of halogens is 4. The van der Waals surface area contributed by atoms with Crippen molar-refractivity contribution in [3.63, 3.8) is 0 Å². The summed E-state index contributed by atoms with van der Waals surface area (Å²) < 4.78 is 48.5. The fourth-order valence-electron chi connectivity index (χ4n) is 1.59. The second kappa shape index (κ2) is 5.04. The van der Waals surface area contributed by atoms with Crippen molar-refractivity contribution in [3.8, 4) is 0 Å². The van der Waals surface area contributed by atoms with Gasteiger partial charge in [-0.1, -0.05) is 12.1 Å². The van der Waals surface area contributed by atoms with Gasteiger partial charge in [0.1, 0.15) is 5.82 Å². The Bertz CT molecular complexity index is 354. The molecule has 1 N–H and O–H groups in total. The summed E-state index contributed by atoms with van der Waals surface area (Å²) in [4.78, 5) is 0. The topological polar surface area (TPSA) is 20.2 Å². The zero-order chi connectivity index (χ0) is 13.1. The van der Waals surface area contributed by atoms with E-state index < -0.39 is 24.0 Å². The average molecular weight is 250 g/mol. The number of hydrogen-bond acceptors (Lipinski definition) is 1. The molecule has 0 amide bonds. The SMILES string of the molecule is CC(O)(CCCC(F)(F)F)c1ccc(F)cc1. The van der Waals surface area contributed by atoms with Crippen LogP contribution in [0, 0.1) is 5.82 Å². The third-order valence-electron chi connectivity index (χ3n) is 2.59. The highest BCUT2D eigenvalue weighted by atomic mass is 19.4. The van der Waals surface area contributed by atoms with E-state index in [1.807, 2.05) is 0 Å². The minimum absolute atomic E-state index is 0.0157.